The molecule has 2 aromatic carbocycles. The van der Waals surface area contributed by atoms with Gasteiger partial charge in [-0.15, -0.1) is 0 Å². The van der Waals surface area contributed by atoms with Crippen LogP contribution in [0.3, 0.4) is 0 Å². The first-order valence-corrected chi connectivity index (χ1v) is 13.3. The summed E-state index contributed by atoms with van der Waals surface area (Å²) in [6.07, 6.45) is 2.11. The van der Waals surface area contributed by atoms with E-state index in [0.29, 0.717) is 44.4 Å². The highest BCUT2D eigenvalue weighted by atomic mass is 32.2. The second-order valence-electron chi connectivity index (χ2n) is 8.11. The van der Waals surface area contributed by atoms with Crippen LogP contribution < -0.4 is 10.6 Å². The standard InChI is InChI=1S/C27H32N6O2S/c1-3-35-17-15-29-25-23-19-30-33(26(23)32-27(31-25)36-4-2)16-14-28-24(34)18-20-10-12-22(13-11-20)21-8-6-5-7-9-21/h5-13,19H,3-4,14-18H2,1-2H3,(H,28,34)(H,29,31,32). The number of fused-ring (bicyclic) bond motifs is 1. The molecule has 0 spiro atoms. The number of anilines is 1. The van der Waals surface area contributed by atoms with Crippen molar-refractivity contribution >= 4 is 34.5 Å². The number of benzene rings is 2. The van der Waals surface area contributed by atoms with Crippen molar-refractivity contribution in [1.29, 1.82) is 0 Å². The number of rotatable bonds is 13. The summed E-state index contributed by atoms with van der Waals surface area (Å²) >= 11 is 1.59. The fourth-order valence-electron chi connectivity index (χ4n) is 3.81. The Balaban J connectivity index is 1.34. The first-order valence-electron chi connectivity index (χ1n) is 12.3. The van der Waals surface area contributed by atoms with Crippen molar-refractivity contribution in [3.63, 3.8) is 0 Å². The molecule has 0 bridgehead atoms. The normalized spacial score (nSPS) is 11.1. The van der Waals surface area contributed by atoms with Crippen molar-refractivity contribution in [1.82, 2.24) is 25.1 Å². The maximum absolute atomic E-state index is 12.5. The van der Waals surface area contributed by atoms with Crippen LogP contribution in [0.2, 0.25) is 0 Å². The Morgan fingerprint density at radius 1 is 1.00 bits per heavy atom. The number of ether oxygens (including phenoxy) is 1. The number of hydrogen-bond acceptors (Lipinski definition) is 7. The number of amides is 1. The third-order valence-electron chi connectivity index (χ3n) is 5.56. The minimum Gasteiger partial charge on any atom is -0.380 e. The summed E-state index contributed by atoms with van der Waals surface area (Å²) < 4.78 is 7.24. The van der Waals surface area contributed by atoms with Gasteiger partial charge in [-0.05, 0) is 29.4 Å². The van der Waals surface area contributed by atoms with Gasteiger partial charge in [0.05, 0.1) is 31.2 Å². The number of thioether (sulfide) groups is 1. The fourth-order valence-corrected chi connectivity index (χ4v) is 4.37. The molecule has 0 aliphatic heterocycles. The van der Waals surface area contributed by atoms with E-state index < -0.39 is 0 Å². The Morgan fingerprint density at radius 2 is 1.78 bits per heavy atom. The summed E-state index contributed by atoms with van der Waals surface area (Å²) in [5.41, 5.74) is 4.04. The van der Waals surface area contributed by atoms with E-state index in [-0.39, 0.29) is 5.91 Å². The highest BCUT2D eigenvalue weighted by Gasteiger charge is 2.13. The molecular formula is C27H32N6O2S. The molecule has 0 atom stereocenters. The lowest BCUT2D eigenvalue weighted by atomic mass is 10.0. The molecule has 8 nitrogen and oxygen atoms in total. The van der Waals surface area contributed by atoms with E-state index in [4.69, 9.17) is 9.72 Å². The summed E-state index contributed by atoms with van der Waals surface area (Å²) in [5.74, 6) is 1.61. The van der Waals surface area contributed by atoms with Gasteiger partial charge in [0.25, 0.3) is 0 Å². The van der Waals surface area contributed by atoms with E-state index in [9.17, 15) is 4.79 Å². The molecule has 188 valence electrons. The Morgan fingerprint density at radius 3 is 2.53 bits per heavy atom. The van der Waals surface area contributed by atoms with Crippen molar-refractivity contribution in [2.24, 2.45) is 0 Å². The van der Waals surface area contributed by atoms with Crippen LogP contribution in [0.25, 0.3) is 22.2 Å². The van der Waals surface area contributed by atoms with Crippen LogP contribution in [0.5, 0.6) is 0 Å². The van der Waals surface area contributed by atoms with Gasteiger partial charge in [-0.1, -0.05) is 73.3 Å². The van der Waals surface area contributed by atoms with Gasteiger partial charge in [-0.3, -0.25) is 4.79 Å². The molecule has 0 saturated heterocycles. The molecule has 0 aliphatic carbocycles. The molecule has 0 radical (unpaired) electrons. The number of nitrogens with one attached hydrogen (secondary N) is 2. The summed E-state index contributed by atoms with van der Waals surface area (Å²) in [4.78, 5) is 21.9. The van der Waals surface area contributed by atoms with Gasteiger partial charge in [-0.2, -0.15) is 5.10 Å². The summed E-state index contributed by atoms with van der Waals surface area (Å²) in [6, 6.07) is 18.3. The van der Waals surface area contributed by atoms with Gasteiger partial charge < -0.3 is 15.4 Å². The molecule has 0 unspecified atom stereocenters. The van der Waals surface area contributed by atoms with Gasteiger partial charge >= 0.3 is 0 Å². The lowest BCUT2D eigenvalue weighted by molar-refractivity contribution is -0.120. The van der Waals surface area contributed by atoms with Crippen molar-refractivity contribution < 1.29 is 9.53 Å². The summed E-state index contributed by atoms with van der Waals surface area (Å²) in [6.45, 7) is 6.97. The molecule has 9 heteroatoms. The maximum atomic E-state index is 12.5. The molecule has 4 rings (SSSR count). The predicted molar refractivity (Wildman–Crippen MR) is 145 cm³/mol. The Bertz CT molecular complexity index is 1260. The molecule has 4 aromatic rings. The Hall–Kier alpha value is -3.43. The fraction of sp³-hybridized carbons (Fsp3) is 0.333. The predicted octanol–water partition coefficient (Wildman–Crippen LogP) is 4.41. The van der Waals surface area contributed by atoms with E-state index in [0.717, 1.165) is 39.3 Å². The molecular weight excluding hydrogens is 472 g/mol. The number of carbonyl (C=O) groups is 1. The molecule has 2 N–H and O–H groups in total. The molecule has 0 aliphatic rings. The van der Waals surface area contributed by atoms with E-state index >= 15 is 0 Å². The van der Waals surface area contributed by atoms with E-state index in [1.807, 2.05) is 41.9 Å². The van der Waals surface area contributed by atoms with Crippen LogP contribution >= 0.6 is 11.8 Å². The lowest BCUT2D eigenvalue weighted by Crippen LogP contribution is -2.28. The SMILES string of the molecule is CCOCCNc1nc(SCC)nc2c1cnn2CCNC(=O)Cc1ccc(-c2ccccc2)cc1. The minimum atomic E-state index is -0.0194. The lowest BCUT2D eigenvalue weighted by Gasteiger charge is -2.10. The third kappa shape index (κ3) is 6.83. The highest BCUT2D eigenvalue weighted by Crippen LogP contribution is 2.24. The average molecular weight is 505 g/mol. The van der Waals surface area contributed by atoms with Gasteiger partial charge in [0.1, 0.15) is 5.82 Å². The Labute approximate surface area is 215 Å². The largest absolute Gasteiger partial charge is 0.380 e. The van der Waals surface area contributed by atoms with Crippen LogP contribution in [0, 0.1) is 0 Å². The summed E-state index contributed by atoms with van der Waals surface area (Å²) in [5, 5.41) is 12.4. The number of aromatic nitrogens is 4. The van der Waals surface area contributed by atoms with Crippen LogP contribution in [0.15, 0.2) is 66.0 Å². The molecule has 0 fully saturated rings. The molecule has 1 amide bonds. The smallest absolute Gasteiger partial charge is 0.224 e. The van der Waals surface area contributed by atoms with Crippen molar-refractivity contribution in [2.75, 3.05) is 37.4 Å². The second-order valence-corrected chi connectivity index (χ2v) is 9.34. The van der Waals surface area contributed by atoms with Crippen LogP contribution in [-0.4, -0.2) is 57.7 Å². The van der Waals surface area contributed by atoms with E-state index in [1.165, 1.54) is 0 Å². The number of hydrogen-bond donors (Lipinski definition) is 2. The first kappa shape index (κ1) is 25.7. The van der Waals surface area contributed by atoms with Crippen molar-refractivity contribution in [3.05, 3.63) is 66.4 Å². The van der Waals surface area contributed by atoms with Gasteiger partial charge in [0.2, 0.25) is 5.91 Å². The quantitative estimate of drug-likeness (QED) is 0.158. The molecule has 2 heterocycles. The zero-order valence-corrected chi connectivity index (χ0v) is 21.6. The van der Waals surface area contributed by atoms with E-state index in [1.54, 1.807) is 18.0 Å². The third-order valence-corrected chi connectivity index (χ3v) is 6.29. The highest BCUT2D eigenvalue weighted by molar-refractivity contribution is 7.99. The first-order chi connectivity index (χ1) is 17.7. The molecule has 0 saturated carbocycles. The van der Waals surface area contributed by atoms with Gasteiger partial charge in [0.15, 0.2) is 10.8 Å². The zero-order valence-electron chi connectivity index (χ0n) is 20.7. The maximum Gasteiger partial charge on any atom is 0.224 e. The number of carbonyl (C=O) groups excluding carboxylic acids is 1. The molecule has 36 heavy (non-hydrogen) atoms. The Kier molecular flexibility index (Phi) is 9.29. The van der Waals surface area contributed by atoms with Gasteiger partial charge in [0, 0.05) is 19.7 Å². The van der Waals surface area contributed by atoms with E-state index in [2.05, 4.69) is 51.9 Å². The number of nitrogens with zero attached hydrogens (tertiary/aromatic N) is 4. The van der Waals surface area contributed by atoms with Crippen LogP contribution in [0.4, 0.5) is 5.82 Å². The summed E-state index contributed by atoms with van der Waals surface area (Å²) in [7, 11) is 0. The van der Waals surface area contributed by atoms with Crippen molar-refractivity contribution in [2.45, 2.75) is 32.0 Å². The average Bonchev–Trinajstić information content (AvgIpc) is 3.31. The van der Waals surface area contributed by atoms with Crippen molar-refractivity contribution in [3.8, 4) is 11.1 Å². The second kappa shape index (κ2) is 13.0. The van der Waals surface area contributed by atoms with Crippen LogP contribution in [-0.2, 0) is 22.5 Å². The van der Waals surface area contributed by atoms with Gasteiger partial charge in [-0.25, -0.2) is 14.6 Å². The zero-order chi connectivity index (χ0) is 25.2. The minimum absolute atomic E-state index is 0.0194. The van der Waals surface area contributed by atoms with Crippen LogP contribution in [0.1, 0.15) is 19.4 Å². The molecule has 2 aromatic heterocycles. The monoisotopic (exact) mass is 504 g/mol. The topological polar surface area (TPSA) is 94.0 Å².